The average Bonchev–Trinajstić information content (AvgIpc) is 2.39. The lowest BCUT2D eigenvalue weighted by molar-refractivity contribution is -0.122. The van der Waals surface area contributed by atoms with Gasteiger partial charge in [-0.05, 0) is 54.9 Å². The first-order valence-electron chi connectivity index (χ1n) is 6.87. The topological polar surface area (TPSA) is 55.1 Å². The second-order valence-electron chi connectivity index (χ2n) is 5.22. The lowest BCUT2D eigenvalue weighted by atomic mass is 9.98. The quantitative estimate of drug-likeness (QED) is 0.833. The molecular formula is C15H22N2OS. The van der Waals surface area contributed by atoms with Crippen LogP contribution in [0.4, 0.5) is 5.69 Å². The van der Waals surface area contributed by atoms with E-state index < -0.39 is 0 Å². The van der Waals surface area contributed by atoms with Gasteiger partial charge in [0.15, 0.2) is 0 Å². The zero-order valence-corrected chi connectivity index (χ0v) is 12.2. The van der Waals surface area contributed by atoms with E-state index in [-0.39, 0.29) is 11.9 Å². The summed E-state index contributed by atoms with van der Waals surface area (Å²) in [6.07, 6.45) is 3.00. The van der Waals surface area contributed by atoms with Crippen LogP contribution in [0, 0.1) is 5.92 Å². The van der Waals surface area contributed by atoms with Crippen LogP contribution in [0.1, 0.15) is 37.8 Å². The maximum Gasteiger partial charge on any atom is 0.220 e. The van der Waals surface area contributed by atoms with Crippen LogP contribution in [0.5, 0.6) is 0 Å². The third-order valence-corrected chi connectivity index (χ3v) is 4.65. The fourth-order valence-electron chi connectivity index (χ4n) is 2.42. The minimum Gasteiger partial charge on any atom is -0.399 e. The maximum absolute atomic E-state index is 12.0. The molecule has 1 aromatic rings. The van der Waals surface area contributed by atoms with Crippen molar-refractivity contribution in [2.45, 2.75) is 32.2 Å². The molecule has 1 aliphatic rings. The fourth-order valence-corrected chi connectivity index (χ4v) is 3.63. The molecule has 0 aliphatic carbocycles. The molecule has 0 bridgehead atoms. The van der Waals surface area contributed by atoms with Crippen LogP contribution in [0.3, 0.4) is 0 Å². The van der Waals surface area contributed by atoms with Gasteiger partial charge < -0.3 is 11.1 Å². The number of hydrogen-bond donors (Lipinski definition) is 2. The van der Waals surface area contributed by atoms with E-state index in [0.717, 1.165) is 11.3 Å². The van der Waals surface area contributed by atoms with E-state index in [1.165, 1.54) is 24.3 Å². The number of carbonyl (C=O) groups excluding carboxylic acids is 1. The molecule has 0 radical (unpaired) electrons. The normalized spacial score (nSPS) is 17.9. The van der Waals surface area contributed by atoms with E-state index in [2.05, 4.69) is 5.32 Å². The van der Waals surface area contributed by atoms with Crippen molar-refractivity contribution in [3.63, 3.8) is 0 Å². The molecule has 1 fully saturated rings. The summed E-state index contributed by atoms with van der Waals surface area (Å²) in [6.45, 7) is 2.00. The first-order chi connectivity index (χ1) is 9.15. The number of amides is 1. The van der Waals surface area contributed by atoms with Gasteiger partial charge in [-0.1, -0.05) is 12.1 Å². The first kappa shape index (κ1) is 14.3. The Morgan fingerprint density at radius 1 is 1.47 bits per heavy atom. The smallest absolute Gasteiger partial charge is 0.220 e. The third-order valence-electron chi connectivity index (χ3n) is 3.60. The van der Waals surface area contributed by atoms with Crippen molar-refractivity contribution >= 4 is 23.4 Å². The van der Waals surface area contributed by atoms with Gasteiger partial charge in [-0.2, -0.15) is 11.8 Å². The van der Waals surface area contributed by atoms with Crippen molar-refractivity contribution in [3.05, 3.63) is 29.8 Å². The van der Waals surface area contributed by atoms with Gasteiger partial charge in [0.25, 0.3) is 0 Å². The molecule has 2 rings (SSSR count). The van der Waals surface area contributed by atoms with Gasteiger partial charge in [0.1, 0.15) is 0 Å². The second-order valence-corrected chi connectivity index (χ2v) is 6.44. The molecule has 0 aromatic heterocycles. The highest BCUT2D eigenvalue weighted by atomic mass is 32.2. The lowest BCUT2D eigenvalue weighted by Gasteiger charge is -2.22. The Kier molecular flexibility index (Phi) is 5.14. The number of benzene rings is 1. The molecule has 1 amide bonds. The van der Waals surface area contributed by atoms with Crippen LogP contribution in [-0.2, 0) is 4.79 Å². The van der Waals surface area contributed by atoms with Gasteiger partial charge in [-0.25, -0.2) is 0 Å². The zero-order chi connectivity index (χ0) is 13.7. The fraction of sp³-hybridized carbons (Fsp3) is 0.533. The van der Waals surface area contributed by atoms with Gasteiger partial charge in [-0.3, -0.25) is 4.79 Å². The Hall–Kier alpha value is -1.16. The highest BCUT2D eigenvalue weighted by molar-refractivity contribution is 7.99. The Morgan fingerprint density at radius 3 is 2.89 bits per heavy atom. The largest absolute Gasteiger partial charge is 0.399 e. The summed E-state index contributed by atoms with van der Waals surface area (Å²) in [5, 5.41) is 3.07. The van der Waals surface area contributed by atoms with E-state index in [1.54, 1.807) is 0 Å². The van der Waals surface area contributed by atoms with E-state index in [9.17, 15) is 4.79 Å². The molecule has 0 spiro atoms. The summed E-state index contributed by atoms with van der Waals surface area (Å²) in [5.74, 6) is 3.12. The van der Waals surface area contributed by atoms with Crippen LogP contribution >= 0.6 is 11.8 Å². The molecule has 1 aliphatic heterocycles. The van der Waals surface area contributed by atoms with Gasteiger partial charge in [-0.15, -0.1) is 0 Å². The van der Waals surface area contributed by atoms with Crippen LogP contribution < -0.4 is 11.1 Å². The minimum atomic E-state index is 0.0222. The Labute approximate surface area is 119 Å². The second kappa shape index (κ2) is 6.85. The summed E-state index contributed by atoms with van der Waals surface area (Å²) in [5.41, 5.74) is 7.56. The number of thioether (sulfide) groups is 1. The molecular weight excluding hydrogens is 256 g/mol. The molecule has 0 saturated carbocycles. The third kappa shape index (κ3) is 4.46. The highest BCUT2D eigenvalue weighted by Crippen LogP contribution is 2.25. The van der Waals surface area contributed by atoms with Crippen molar-refractivity contribution in [1.29, 1.82) is 0 Å². The molecule has 1 heterocycles. The number of nitrogen functional groups attached to an aromatic ring is 1. The molecule has 3 N–H and O–H groups in total. The van der Waals surface area contributed by atoms with Crippen LogP contribution in [-0.4, -0.2) is 17.4 Å². The zero-order valence-electron chi connectivity index (χ0n) is 11.4. The van der Waals surface area contributed by atoms with Crippen molar-refractivity contribution in [2.24, 2.45) is 5.92 Å². The van der Waals surface area contributed by atoms with Crippen LogP contribution in [0.2, 0.25) is 0 Å². The van der Waals surface area contributed by atoms with E-state index in [1.807, 2.05) is 43.0 Å². The SMILES string of the molecule is CC(NC(=O)CC1CCSCC1)c1cccc(N)c1. The minimum absolute atomic E-state index is 0.0222. The standard InChI is InChI=1S/C15H22N2OS/c1-11(13-3-2-4-14(16)10-13)17-15(18)9-12-5-7-19-8-6-12/h2-4,10-12H,5-9,16H2,1H3,(H,17,18). The molecule has 19 heavy (non-hydrogen) atoms. The van der Waals surface area contributed by atoms with Crippen LogP contribution in [0.15, 0.2) is 24.3 Å². The van der Waals surface area contributed by atoms with Gasteiger partial charge in [0.2, 0.25) is 5.91 Å². The summed E-state index contributed by atoms with van der Waals surface area (Å²) in [4.78, 5) is 12.0. The van der Waals surface area contributed by atoms with Crippen molar-refractivity contribution < 1.29 is 4.79 Å². The monoisotopic (exact) mass is 278 g/mol. The Bertz CT molecular complexity index is 430. The van der Waals surface area contributed by atoms with Gasteiger partial charge >= 0.3 is 0 Å². The van der Waals surface area contributed by atoms with Gasteiger partial charge in [0.05, 0.1) is 6.04 Å². The number of carbonyl (C=O) groups is 1. The highest BCUT2D eigenvalue weighted by Gasteiger charge is 2.18. The first-order valence-corrected chi connectivity index (χ1v) is 8.03. The van der Waals surface area contributed by atoms with Crippen molar-refractivity contribution in [3.8, 4) is 0 Å². The molecule has 1 aromatic carbocycles. The van der Waals surface area contributed by atoms with Crippen molar-refractivity contribution in [1.82, 2.24) is 5.32 Å². The molecule has 104 valence electrons. The molecule has 4 heteroatoms. The van der Waals surface area contributed by atoms with E-state index in [4.69, 9.17) is 5.73 Å². The molecule has 3 nitrogen and oxygen atoms in total. The molecule has 1 atom stereocenters. The number of hydrogen-bond acceptors (Lipinski definition) is 3. The number of rotatable bonds is 4. The van der Waals surface area contributed by atoms with Gasteiger partial charge in [0, 0.05) is 12.1 Å². The number of anilines is 1. The Balaban J connectivity index is 1.84. The van der Waals surface area contributed by atoms with Crippen molar-refractivity contribution in [2.75, 3.05) is 17.2 Å². The number of nitrogens with one attached hydrogen (secondary N) is 1. The summed E-state index contributed by atoms with van der Waals surface area (Å²) in [6, 6.07) is 7.72. The molecule has 1 unspecified atom stereocenters. The average molecular weight is 278 g/mol. The number of nitrogens with two attached hydrogens (primary N) is 1. The summed E-state index contributed by atoms with van der Waals surface area (Å²) in [7, 11) is 0. The lowest BCUT2D eigenvalue weighted by Crippen LogP contribution is -2.29. The van der Waals surface area contributed by atoms with E-state index in [0.29, 0.717) is 12.3 Å². The molecule has 1 saturated heterocycles. The van der Waals surface area contributed by atoms with Crippen LogP contribution in [0.25, 0.3) is 0 Å². The predicted octanol–water partition coefficient (Wildman–Crippen LogP) is 2.98. The maximum atomic E-state index is 12.0. The summed E-state index contributed by atoms with van der Waals surface area (Å²) < 4.78 is 0. The summed E-state index contributed by atoms with van der Waals surface area (Å²) >= 11 is 1.99. The Morgan fingerprint density at radius 2 is 2.21 bits per heavy atom. The van der Waals surface area contributed by atoms with E-state index >= 15 is 0 Å². The predicted molar refractivity (Wildman–Crippen MR) is 82.1 cm³/mol.